The van der Waals surface area contributed by atoms with Crippen molar-refractivity contribution in [3.05, 3.63) is 30.1 Å². The molecule has 0 aliphatic rings. The van der Waals surface area contributed by atoms with Crippen LogP contribution in [0.3, 0.4) is 0 Å². The SMILES string of the molecule is CSc1nsc(-c2ccccc2F)n1. The zero-order chi connectivity index (χ0) is 9.97. The van der Waals surface area contributed by atoms with Crippen molar-refractivity contribution in [1.29, 1.82) is 0 Å². The third kappa shape index (κ3) is 1.78. The number of hydrogen-bond donors (Lipinski definition) is 0. The molecule has 0 unspecified atom stereocenters. The highest BCUT2D eigenvalue weighted by molar-refractivity contribution is 7.98. The third-order valence-electron chi connectivity index (χ3n) is 1.69. The molecule has 2 rings (SSSR count). The van der Waals surface area contributed by atoms with Gasteiger partial charge in [0, 0.05) is 5.56 Å². The molecule has 1 aromatic heterocycles. The summed E-state index contributed by atoms with van der Waals surface area (Å²) in [6.07, 6.45) is 1.90. The van der Waals surface area contributed by atoms with Crippen molar-refractivity contribution in [2.45, 2.75) is 5.16 Å². The molecule has 14 heavy (non-hydrogen) atoms. The minimum Gasteiger partial charge on any atom is -0.209 e. The summed E-state index contributed by atoms with van der Waals surface area (Å²) in [7, 11) is 0. The lowest BCUT2D eigenvalue weighted by molar-refractivity contribution is 0.631. The summed E-state index contributed by atoms with van der Waals surface area (Å²) < 4.78 is 17.4. The first-order valence-corrected chi connectivity index (χ1v) is 5.93. The highest BCUT2D eigenvalue weighted by atomic mass is 32.2. The zero-order valence-corrected chi connectivity index (χ0v) is 9.03. The minimum absolute atomic E-state index is 0.253. The van der Waals surface area contributed by atoms with Gasteiger partial charge in [-0.2, -0.15) is 4.37 Å². The summed E-state index contributed by atoms with van der Waals surface area (Å²) in [6.45, 7) is 0. The average Bonchev–Trinajstić information content (AvgIpc) is 2.67. The van der Waals surface area contributed by atoms with Gasteiger partial charge in [-0.05, 0) is 29.9 Å². The van der Waals surface area contributed by atoms with Crippen molar-refractivity contribution in [2.75, 3.05) is 6.26 Å². The van der Waals surface area contributed by atoms with E-state index in [1.807, 2.05) is 6.26 Å². The fourth-order valence-corrected chi connectivity index (χ4v) is 2.28. The Hall–Kier alpha value is -0.940. The summed E-state index contributed by atoms with van der Waals surface area (Å²) in [6, 6.07) is 6.59. The molecule has 0 saturated heterocycles. The summed E-state index contributed by atoms with van der Waals surface area (Å²) >= 11 is 2.68. The Kier molecular flexibility index (Phi) is 2.79. The second-order valence-electron chi connectivity index (χ2n) is 2.57. The molecular weight excluding hydrogens is 219 g/mol. The maximum atomic E-state index is 13.3. The molecule has 0 radical (unpaired) electrons. The van der Waals surface area contributed by atoms with Gasteiger partial charge in [-0.15, -0.1) is 0 Å². The van der Waals surface area contributed by atoms with E-state index >= 15 is 0 Å². The van der Waals surface area contributed by atoms with E-state index in [-0.39, 0.29) is 5.82 Å². The summed E-state index contributed by atoms with van der Waals surface area (Å²) in [4.78, 5) is 4.19. The van der Waals surface area contributed by atoms with E-state index in [1.54, 1.807) is 18.2 Å². The molecule has 5 heteroatoms. The second-order valence-corrected chi connectivity index (χ2v) is 4.09. The molecule has 0 bridgehead atoms. The van der Waals surface area contributed by atoms with Crippen molar-refractivity contribution in [2.24, 2.45) is 0 Å². The van der Waals surface area contributed by atoms with Gasteiger partial charge in [-0.1, -0.05) is 23.9 Å². The third-order valence-corrected chi connectivity index (χ3v) is 3.11. The monoisotopic (exact) mass is 226 g/mol. The molecule has 1 heterocycles. The van der Waals surface area contributed by atoms with Gasteiger partial charge in [0.15, 0.2) is 5.16 Å². The lowest BCUT2D eigenvalue weighted by Crippen LogP contribution is -1.81. The number of thioether (sulfide) groups is 1. The highest BCUT2D eigenvalue weighted by Gasteiger charge is 2.09. The Morgan fingerprint density at radius 2 is 2.14 bits per heavy atom. The molecular formula is C9H7FN2S2. The molecule has 0 atom stereocenters. The lowest BCUT2D eigenvalue weighted by atomic mass is 10.2. The Labute approximate surface area is 89.4 Å². The first-order chi connectivity index (χ1) is 6.81. The Bertz CT molecular complexity index is 442. The van der Waals surface area contributed by atoms with Crippen molar-refractivity contribution in [3.63, 3.8) is 0 Å². The molecule has 1 aromatic carbocycles. The standard InChI is InChI=1S/C9H7FN2S2/c1-13-9-11-8(14-12-9)6-4-2-3-5-7(6)10/h2-5H,1H3. The number of hydrogen-bond acceptors (Lipinski definition) is 4. The minimum atomic E-state index is -0.253. The molecule has 2 nitrogen and oxygen atoms in total. The summed E-state index contributed by atoms with van der Waals surface area (Å²) in [5, 5.41) is 1.32. The fraction of sp³-hybridized carbons (Fsp3) is 0.111. The van der Waals surface area contributed by atoms with Crippen molar-refractivity contribution < 1.29 is 4.39 Å². The van der Waals surface area contributed by atoms with Crippen LogP contribution in [-0.4, -0.2) is 15.6 Å². The van der Waals surface area contributed by atoms with Crippen LogP contribution in [-0.2, 0) is 0 Å². The van der Waals surface area contributed by atoms with E-state index in [1.165, 1.54) is 29.4 Å². The summed E-state index contributed by atoms with van der Waals surface area (Å²) in [5.41, 5.74) is 0.519. The van der Waals surface area contributed by atoms with E-state index in [4.69, 9.17) is 0 Å². The Morgan fingerprint density at radius 1 is 1.36 bits per heavy atom. The van der Waals surface area contributed by atoms with Crippen LogP contribution in [0.5, 0.6) is 0 Å². The topological polar surface area (TPSA) is 25.8 Å². The van der Waals surface area contributed by atoms with Gasteiger partial charge in [-0.3, -0.25) is 0 Å². The predicted octanol–water partition coefficient (Wildman–Crippen LogP) is 3.07. The van der Waals surface area contributed by atoms with Gasteiger partial charge in [0.05, 0.1) is 0 Å². The largest absolute Gasteiger partial charge is 0.209 e. The average molecular weight is 226 g/mol. The quantitative estimate of drug-likeness (QED) is 0.736. The maximum absolute atomic E-state index is 13.3. The number of aromatic nitrogens is 2. The van der Waals surface area contributed by atoms with E-state index in [0.717, 1.165) is 0 Å². The summed E-state index contributed by atoms with van der Waals surface area (Å²) in [5.74, 6) is -0.253. The number of benzene rings is 1. The zero-order valence-electron chi connectivity index (χ0n) is 7.40. The van der Waals surface area contributed by atoms with E-state index in [9.17, 15) is 4.39 Å². The molecule has 72 valence electrons. The van der Waals surface area contributed by atoms with E-state index < -0.39 is 0 Å². The Balaban J connectivity index is 2.44. The number of nitrogens with zero attached hydrogens (tertiary/aromatic N) is 2. The van der Waals surface area contributed by atoms with E-state index in [2.05, 4.69) is 9.36 Å². The van der Waals surface area contributed by atoms with Crippen molar-refractivity contribution >= 4 is 23.3 Å². The van der Waals surface area contributed by atoms with Gasteiger partial charge >= 0.3 is 0 Å². The van der Waals surface area contributed by atoms with Gasteiger partial charge < -0.3 is 0 Å². The van der Waals surface area contributed by atoms with Crippen molar-refractivity contribution in [3.8, 4) is 10.6 Å². The van der Waals surface area contributed by atoms with Crippen LogP contribution in [0, 0.1) is 5.82 Å². The van der Waals surface area contributed by atoms with Gasteiger partial charge in [0.1, 0.15) is 10.8 Å². The number of rotatable bonds is 2. The smallest absolute Gasteiger partial charge is 0.200 e. The molecule has 2 aromatic rings. The van der Waals surface area contributed by atoms with Crippen LogP contribution >= 0.6 is 23.3 Å². The predicted molar refractivity (Wildman–Crippen MR) is 57.1 cm³/mol. The fourth-order valence-electron chi connectivity index (χ4n) is 1.04. The van der Waals surface area contributed by atoms with E-state index in [0.29, 0.717) is 15.7 Å². The number of halogens is 1. The van der Waals surface area contributed by atoms with Crippen LogP contribution in [0.1, 0.15) is 0 Å². The Morgan fingerprint density at radius 3 is 2.79 bits per heavy atom. The molecule has 0 amide bonds. The van der Waals surface area contributed by atoms with Crippen LogP contribution < -0.4 is 0 Å². The van der Waals surface area contributed by atoms with Crippen LogP contribution in [0.15, 0.2) is 29.4 Å². The molecule has 0 aliphatic carbocycles. The van der Waals surface area contributed by atoms with Gasteiger partial charge in [0.25, 0.3) is 0 Å². The maximum Gasteiger partial charge on any atom is 0.200 e. The highest BCUT2D eigenvalue weighted by Crippen LogP contribution is 2.26. The van der Waals surface area contributed by atoms with Gasteiger partial charge in [0.2, 0.25) is 0 Å². The first kappa shape index (κ1) is 9.61. The van der Waals surface area contributed by atoms with Crippen LogP contribution in [0.4, 0.5) is 4.39 Å². The lowest BCUT2D eigenvalue weighted by Gasteiger charge is -1.95. The normalized spacial score (nSPS) is 10.4. The molecule has 0 fully saturated rings. The van der Waals surface area contributed by atoms with Crippen LogP contribution in [0.25, 0.3) is 10.6 Å². The molecule has 0 aliphatic heterocycles. The van der Waals surface area contributed by atoms with Crippen LogP contribution in [0.2, 0.25) is 0 Å². The van der Waals surface area contributed by atoms with Crippen molar-refractivity contribution in [1.82, 2.24) is 9.36 Å². The molecule has 0 N–H and O–H groups in total. The second kappa shape index (κ2) is 4.06. The van der Waals surface area contributed by atoms with Gasteiger partial charge in [-0.25, -0.2) is 9.37 Å². The molecule has 0 spiro atoms. The first-order valence-electron chi connectivity index (χ1n) is 3.94. The molecule has 0 saturated carbocycles.